The maximum absolute atomic E-state index is 8.84. The van der Waals surface area contributed by atoms with E-state index >= 15 is 0 Å². The minimum Gasteiger partial charge on any atom is -0.395 e. The minimum atomic E-state index is -0.223. The zero-order chi connectivity index (χ0) is 12.8. The van der Waals surface area contributed by atoms with Gasteiger partial charge < -0.3 is 16.2 Å². The predicted molar refractivity (Wildman–Crippen MR) is 75.4 cm³/mol. The normalized spacial score (nSPS) is 12.1. The molecule has 0 bridgehead atoms. The van der Waals surface area contributed by atoms with Gasteiger partial charge in [0.2, 0.25) is 0 Å². The van der Waals surface area contributed by atoms with E-state index in [0.29, 0.717) is 6.54 Å². The van der Waals surface area contributed by atoms with Crippen molar-refractivity contribution in [3.05, 3.63) is 54.6 Å². The van der Waals surface area contributed by atoms with Crippen molar-refractivity contribution in [1.82, 2.24) is 0 Å². The molecule has 0 aliphatic rings. The fourth-order valence-electron chi connectivity index (χ4n) is 1.72. The summed E-state index contributed by atoms with van der Waals surface area (Å²) in [5.74, 6) is 0. The Labute approximate surface area is 107 Å². The summed E-state index contributed by atoms with van der Waals surface area (Å²) in [5.41, 5.74) is 9.03. The number of nitrogens with two attached hydrogens (primary N) is 1. The lowest BCUT2D eigenvalue weighted by atomic mass is 10.1. The second-order valence-corrected chi connectivity index (χ2v) is 4.27. The van der Waals surface area contributed by atoms with E-state index in [0.717, 1.165) is 5.69 Å². The Morgan fingerprint density at radius 3 is 2.17 bits per heavy atom. The van der Waals surface area contributed by atoms with E-state index in [1.54, 1.807) is 0 Å². The smallest absolute Gasteiger partial charge is 0.0599 e. The number of nitrogens with one attached hydrogen (secondary N) is 1. The molecule has 0 saturated heterocycles. The van der Waals surface area contributed by atoms with Crippen LogP contribution < -0.4 is 11.1 Å². The third-order valence-corrected chi connectivity index (χ3v) is 2.79. The number of benzene rings is 2. The zero-order valence-corrected chi connectivity index (χ0v) is 10.2. The molecule has 0 radical (unpaired) electrons. The molecule has 4 N–H and O–H groups in total. The first-order valence-electron chi connectivity index (χ1n) is 6.05. The van der Waals surface area contributed by atoms with Gasteiger partial charge >= 0.3 is 0 Å². The molecule has 3 heteroatoms. The fraction of sp³-hybridized carbons (Fsp3) is 0.200. The van der Waals surface area contributed by atoms with Crippen molar-refractivity contribution in [1.29, 1.82) is 0 Å². The summed E-state index contributed by atoms with van der Waals surface area (Å²) >= 11 is 0. The average molecular weight is 242 g/mol. The Kier molecular flexibility index (Phi) is 4.34. The molecular formula is C15H18N2O. The van der Waals surface area contributed by atoms with E-state index in [9.17, 15) is 0 Å². The molecule has 0 aromatic heterocycles. The van der Waals surface area contributed by atoms with Gasteiger partial charge in [0, 0.05) is 18.3 Å². The Bertz CT molecular complexity index is 468. The largest absolute Gasteiger partial charge is 0.395 e. The molecule has 1 atom stereocenters. The van der Waals surface area contributed by atoms with Crippen molar-refractivity contribution in [3.8, 4) is 11.1 Å². The first-order valence-corrected chi connectivity index (χ1v) is 6.05. The number of rotatable bonds is 5. The Hall–Kier alpha value is -1.84. The van der Waals surface area contributed by atoms with E-state index in [1.165, 1.54) is 11.1 Å². The summed E-state index contributed by atoms with van der Waals surface area (Å²) in [6, 6.07) is 18.2. The number of aliphatic hydroxyl groups excluding tert-OH is 1. The van der Waals surface area contributed by atoms with Crippen LogP contribution in [0.3, 0.4) is 0 Å². The molecule has 0 fully saturated rings. The first kappa shape index (κ1) is 12.6. The maximum Gasteiger partial charge on any atom is 0.0599 e. The van der Waals surface area contributed by atoms with Crippen molar-refractivity contribution in [2.24, 2.45) is 5.73 Å². The Morgan fingerprint density at radius 2 is 1.56 bits per heavy atom. The third-order valence-electron chi connectivity index (χ3n) is 2.79. The number of aliphatic hydroxyl groups is 1. The van der Waals surface area contributed by atoms with E-state index in [1.807, 2.05) is 30.3 Å². The molecule has 0 aliphatic carbocycles. The molecule has 0 amide bonds. The van der Waals surface area contributed by atoms with Crippen molar-refractivity contribution in [2.45, 2.75) is 6.04 Å². The number of hydrogen-bond donors (Lipinski definition) is 3. The second-order valence-electron chi connectivity index (χ2n) is 4.27. The molecule has 2 rings (SSSR count). The molecule has 2 aromatic rings. The van der Waals surface area contributed by atoms with E-state index in [4.69, 9.17) is 10.8 Å². The number of hydrogen-bond acceptors (Lipinski definition) is 3. The predicted octanol–water partition coefficient (Wildman–Crippen LogP) is 2.09. The third kappa shape index (κ3) is 3.32. The van der Waals surface area contributed by atoms with Crippen LogP contribution in [-0.4, -0.2) is 24.3 Å². The number of anilines is 1. The zero-order valence-electron chi connectivity index (χ0n) is 10.2. The molecule has 2 aromatic carbocycles. The summed E-state index contributed by atoms with van der Waals surface area (Å²) in [4.78, 5) is 0. The van der Waals surface area contributed by atoms with Crippen LogP contribution in [0.4, 0.5) is 5.69 Å². The highest BCUT2D eigenvalue weighted by molar-refractivity contribution is 5.65. The Balaban J connectivity index is 2.02. The van der Waals surface area contributed by atoms with Crippen molar-refractivity contribution in [3.63, 3.8) is 0 Å². The van der Waals surface area contributed by atoms with E-state index in [2.05, 4.69) is 29.6 Å². The highest BCUT2D eigenvalue weighted by atomic mass is 16.3. The summed E-state index contributed by atoms with van der Waals surface area (Å²) < 4.78 is 0. The van der Waals surface area contributed by atoms with Crippen LogP contribution in [0, 0.1) is 0 Å². The molecular weight excluding hydrogens is 224 g/mol. The van der Waals surface area contributed by atoms with Gasteiger partial charge in [-0.15, -0.1) is 0 Å². The van der Waals surface area contributed by atoms with Gasteiger partial charge in [-0.25, -0.2) is 0 Å². The minimum absolute atomic E-state index is 0.00486. The molecule has 3 nitrogen and oxygen atoms in total. The van der Waals surface area contributed by atoms with Crippen LogP contribution in [0.15, 0.2) is 54.6 Å². The van der Waals surface area contributed by atoms with Gasteiger partial charge in [-0.1, -0.05) is 42.5 Å². The molecule has 0 aliphatic heterocycles. The van der Waals surface area contributed by atoms with Gasteiger partial charge in [0.1, 0.15) is 0 Å². The summed E-state index contributed by atoms with van der Waals surface area (Å²) in [7, 11) is 0. The lowest BCUT2D eigenvalue weighted by Gasteiger charge is -2.11. The quantitative estimate of drug-likeness (QED) is 0.752. The highest BCUT2D eigenvalue weighted by Crippen LogP contribution is 2.20. The second kappa shape index (κ2) is 6.19. The van der Waals surface area contributed by atoms with E-state index in [-0.39, 0.29) is 12.6 Å². The molecule has 0 spiro atoms. The van der Waals surface area contributed by atoms with Gasteiger partial charge in [0.05, 0.1) is 6.61 Å². The lowest BCUT2D eigenvalue weighted by Crippen LogP contribution is -2.32. The highest BCUT2D eigenvalue weighted by Gasteiger charge is 2.00. The maximum atomic E-state index is 8.84. The standard InChI is InChI=1S/C15H18N2O/c16-14(11-18)10-17-15-8-6-13(7-9-15)12-4-2-1-3-5-12/h1-9,14,17-18H,10-11,16H2. The first-order chi connectivity index (χ1) is 8.79. The molecule has 94 valence electrons. The van der Waals surface area contributed by atoms with Gasteiger partial charge in [0.15, 0.2) is 0 Å². The van der Waals surface area contributed by atoms with Gasteiger partial charge in [0.25, 0.3) is 0 Å². The van der Waals surface area contributed by atoms with Gasteiger partial charge in [-0.05, 0) is 23.3 Å². The molecule has 18 heavy (non-hydrogen) atoms. The fourth-order valence-corrected chi connectivity index (χ4v) is 1.72. The van der Waals surface area contributed by atoms with Crippen molar-refractivity contribution in [2.75, 3.05) is 18.5 Å². The SMILES string of the molecule is NC(CO)CNc1ccc(-c2ccccc2)cc1. The molecule has 0 heterocycles. The summed E-state index contributed by atoms with van der Waals surface area (Å²) in [5, 5.41) is 12.0. The van der Waals surface area contributed by atoms with Gasteiger partial charge in [-0.2, -0.15) is 0 Å². The monoisotopic (exact) mass is 242 g/mol. The van der Waals surface area contributed by atoms with Crippen molar-refractivity contribution >= 4 is 5.69 Å². The van der Waals surface area contributed by atoms with Crippen molar-refractivity contribution < 1.29 is 5.11 Å². The molecule has 0 saturated carbocycles. The average Bonchev–Trinajstić information content (AvgIpc) is 2.46. The lowest BCUT2D eigenvalue weighted by molar-refractivity contribution is 0.270. The molecule has 1 unspecified atom stereocenters. The topological polar surface area (TPSA) is 58.3 Å². The van der Waals surface area contributed by atoms with Crippen LogP contribution in [0.1, 0.15) is 0 Å². The summed E-state index contributed by atoms with van der Waals surface area (Å²) in [6.07, 6.45) is 0. The Morgan fingerprint density at radius 1 is 0.944 bits per heavy atom. The van der Waals surface area contributed by atoms with Crippen LogP contribution in [-0.2, 0) is 0 Å². The van der Waals surface area contributed by atoms with E-state index < -0.39 is 0 Å². The van der Waals surface area contributed by atoms with Crippen LogP contribution >= 0.6 is 0 Å². The van der Waals surface area contributed by atoms with Crippen LogP contribution in [0.5, 0.6) is 0 Å². The van der Waals surface area contributed by atoms with Crippen LogP contribution in [0.25, 0.3) is 11.1 Å². The van der Waals surface area contributed by atoms with Gasteiger partial charge in [-0.3, -0.25) is 0 Å². The van der Waals surface area contributed by atoms with Crippen LogP contribution in [0.2, 0.25) is 0 Å². The summed E-state index contributed by atoms with van der Waals surface area (Å²) in [6.45, 7) is 0.566.